The number of rotatable bonds is 4. The molecule has 2 aliphatic heterocycles. The summed E-state index contributed by atoms with van der Waals surface area (Å²) in [5.41, 5.74) is 4.09. The molecule has 1 atom stereocenters. The van der Waals surface area contributed by atoms with Crippen LogP contribution in [0.4, 0.5) is 5.69 Å². The second-order valence-electron chi connectivity index (χ2n) is 8.40. The summed E-state index contributed by atoms with van der Waals surface area (Å²) in [7, 11) is -0.570. The molecule has 1 unspecified atom stereocenters. The smallest absolute Gasteiger partial charge is 0.363 e. The fraction of sp³-hybridized carbons (Fsp3) is 0.154. The number of carbonyl (C=O) groups is 3. The molecule has 9 nitrogen and oxygen atoms in total. The number of hydrogen-bond donors (Lipinski definition) is 2. The van der Waals surface area contributed by atoms with Gasteiger partial charge in [0.15, 0.2) is 0 Å². The van der Waals surface area contributed by atoms with Gasteiger partial charge in [-0.15, -0.1) is 5.06 Å². The number of anilines is 1. The van der Waals surface area contributed by atoms with Gasteiger partial charge in [0.25, 0.3) is 19.2 Å². The second-order valence-corrected chi connectivity index (χ2v) is 10.5. The van der Waals surface area contributed by atoms with Gasteiger partial charge in [-0.05, 0) is 58.7 Å². The van der Waals surface area contributed by atoms with Gasteiger partial charge in [0, 0.05) is 32.6 Å². The third-order valence-corrected chi connectivity index (χ3v) is 8.35. The monoisotopic (exact) mass is 503 g/mol. The van der Waals surface area contributed by atoms with E-state index in [0.29, 0.717) is 38.5 Å². The molecule has 2 heterocycles. The van der Waals surface area contributed by atoms with Crippen LogP contribution in [0.5, 0.6) is 0 Å². The minimum atomic E-state index is -3.92. The lowest BCUT2D eigenvalue weighted by molar-refractivity contribution is -0.172. The minimum Gasteiger partial charge on any atom is -0.388 e. The number of benzene rings is 2. The summed E-state index contributed by atoms with van der Waals surface area (Å²) in [5, 5.41) is 4.11. The first kappa shape index (κ1) is 23.7. The molecule has 0 radical (unpaired) electrons. The minimum absolute atomic E-state index is 0.0131. The predicted octanol–water partition coefficient (Wildman–Crippen LogP) is 3.18. The third kappa shape index (κ3) is 3.82. The van der Waals surface area contributed by atoms with E-state index >= 15 is 0 Å². The Hall–Kier alpha value is -4.07. The van der Waals surface area contributed by atoms with Crippen LogP contribution in [-0.2, 0) is 19.0 Å². The first-order chi connectivity index (χ1) is 17.2. The van der Waals surface area contributed by atoms with E-state index in [4.69, 9.17) is 4.84 Å². The van der Waals surface area contributed by atoms with Crippen LogP contribution in [0.15, 0.2) is 76.6 Å². The number of aliphatic imine (C=N–C) groups is 1. The van der Waals surface area contributed by atoms with E-state index in [1.54, 1.807) is 56.6 Å². The van der Waals surface area contributed by atoms with E-state index in [1.165, 1.54) is 12.1 Å². The van der Waals surface area contributed by atoms with Crippen LogP contribution in [-0.4, -0.2) is 47.5 Å². The lowest BCUT2D eigenvalue weighted by Crippen LogP contribution is -2.32. The summed E-state index contributed by atoms with van der Waals surface area (Å²) in [6, 6.07) is 11.8. The zero-order valence-electron chi connectivity index (χ0n) is 19.5. The standard InChI is InChI=1S/C26H22N3O6P/c1-27-17-7-9-19-21(13-17)36(33,34)22-14-18(28-2)8-10-20(22)25(19)15-3-5-16(6-4-15)26(32)35-29-23(30)11-12-24(29)31/h3-10,13-14,27H,11-12H2,1-2H3,(H,33,34). The van der Waals surface area contributed by atoms with Crippen molar-refractivity contribution in [3.63, 3.8) is 0 Å². The van der Waals surface area contributed by atoms with Crippen LogP contribution in [0.25, 0.3) is 5.57 Å². The number of hydroxylamine groups is 2. The largest absolute Gasteiger partial charge is 0.388 e. The van der Waals surface area contributed by atoms with Crippen LogP contribution in [0, 0.1) is 0 Å². The van der Waals surface area contributed by atoms with Crippen molar-refractivity contribution in [2.75, 3.05) is 19.4 Å². The maximum absolute atomic E-state index is 13.7. The van der Waals surface area contributed by atoms with Crippen molar-refractivity contribution >= 4 is 47.4 Å². The molecule has 0 bridgehead atoms. The Morgan fingerprint density at radius 3 is 2.42 bits per heavy atom. The molecule has 5 rings (SSSR count). The molecule has 36 heavy (non-hydrogen) atoms. The molecule has 0 spiro atoms. The van der Waals surface area contributed by atoms with Gasteiger partial charge >= 0.3 is 5.97 Å². The Bertz CT molecular complexity index is 1480. The molecule has 2 amide bonds. The molecule has 10 heteroatoms. The highest BCUT2D eigenvalue weighted by Crippen LogP contribution is 2.59. The maximum Gasteiger partial charge on any atom is 0.363 e. The van der Waals surface area contributed by atoms with Crippen molar-refractivity contribution in [1.29, 1.82) is 0 Å². The first-order valence-corrected chi connectivity index (χ1v) is 12.9. The average Bonchev–Trinajstić information content (AvgIpc) is 3.21. The molecule has 1 aliphatic carbocycles. The molecule has 1 fully saturated rings. The van der Waals surface area contributed by atoms with Crippen molar-refractivity contribution in [3.05, 3.63) is 88.3 Å². The Morgan fingerprint density at radius 1 is 1.08 bits per heavy atom. The van der Waals surface area contributed by atoms with E-state index in [9.17, 15) is 23.8 Å². The van der Waals surface area contributed by atoms with Gasteiger partial charge < -0.3 is 15.0 Å². The zero-order chi connectivity index (χ0) is 25.6. The second kappa shape index (κ2) is 8.86. The van der Waals surface area contributed by atoms with Crippen molar-refractivity contribution in [2.24, 2.45) is 4.99 Å². The number of nitrogens with zero attached hydrogens (tertiary/aromatic N) is 2. The fourth-order valence-corrected chi connectivity index (χ4v) is 6.33. The number of imide groups is 1. The molecule has 2 aromatic rings. The van der Waals surface area contributed by atoms with Crippen LogP contribution < -0.4 is 10.6 Å². The van der Waals surface area contributed by atoms with Crippen molar-refractivity contribution < 1.29 is 28.7 Å². The van der Waals surface area contributed by atoms with Gasteiger partial charge in [0.2, 0.25) is 0 Å². The van der Waals surface area contributed by atoms with Crippen LogP contribution >= 0.6 is 7.37 Å². The van der Waals surface area contributed by atoms with Crippen molar-refractivity contribution in [2.45, 2.75) is 12.8 Å². The van der Waals surface area contributed by atoms with E-state index < -0.39 is 25.2 Å². The lowest BCUT2D eigenvalue weighted by atomic mass is 9.89. The molecular formula is C26H22N3O6P. The Balaban J connectivity index is 1.59. The summed E-state index contributed by atoms with van der Waals surface area (Å²) in [6.07, 6.45) is 5.21. The van der Waals surface area contributed by atoms with E-state index in [0.717, 1.165) is 5.57 Å². The zero-order valence-corrected chi connectivity index (χ0v) is 20.4. The number of hydrogen-bond acceptors (Lipinski definition) is 7. The van der Waals surface area contributed by atoms with Gasteiger partial charge in [-0.2, -0.15) is 0 Å². The third-order valence-electron chi connectivity index (χ3n) is 6.31. The highest BCUT2D eigenvalue weighted by molar-refractivity contribution is 7.71. The van der Waals surface area contributed by atoms with Crippen LogP contribution in [0.2, 0.25) is 0 Å². The molecule has 0 aromatic heterocycles. The van der Waals surface area contributed by atoms with Gasteiger partial charge in [-0.25, -0.2) is 4.79 Å². The average molecular weight is 503 g/mol. The molecular weight excluding hydrogens is 481 g/mol. The normalized spacial score (nSPS) is 21.9. The summed E-state index contributed by atoms with van der Waals surface area (Å²) in [6.45, 7) is 0. The summed E-state index contributed by atoms with van der Waals surface area (Å²) < 4.78 is 13.7. The topological polar surface area (TPSA) is 125 Å². The quantitative estimate of drug-likeness (QED) is 0.485. The number of carbonyl (C=O) groups excluding carboxylic acids is 3. The van der Waals surface area contributed by atoms with Crippen molar-refractivity contribution in [1.82, 2.24) is 5.06 Å². The molecule has 3 aliphatic rings. The fourth-order valence-electron chi connectivity index (χ4n) is 4.42. The van der Waals surface area contributed by atoms with Gasteiger partial charge in [0.05, 0.1) is 21.9 Å². The number of nitrogens with one attached hydrogen (secondary N) is 1. The highest BCUT2D eigenvalue weighted by Gasteiger charge is 2.40. The Kier molecular flexibility index (Phi) is 5.82. The van der Waals surface area contributed by atoms with Crippen LogP contribution in [0.1, 0.15) is 34.3 Å². The van der Waals surface area contributed by atoms with Gasteiger partial charge in [-0.3, -0.25) is 19.1 Å². The Morgan fingerprint density at radius 2 is 1.78 bits per heavy atom. The number of amides is 2. The molecule has 1 saturated heterocycles. The van der Waals surface area contributed by atoms with E-state index in [-0.39, 0.29) is 23.7 Å². The van der Waals surface area contributed by atoms with E-state index in [1.807, 2.05) is 6.07 Å². The molecule has 0 saturated carbocycles. The number of allylic oxidation sites excluding steroid dienone is 5. The first-order valence-electron chi connectivity index (χ1n) is 11.2. The molecule has 182 valence electrons. The van der Waals surface area contributed by atoms with Gasteiger partial charge in [0.1, 0.15) is 0 Å². The highest BCUT2D eigenvalue weighted by atomic mass is 31.2. The number of fused-ring (bicyclic) bond motifs is 2. The van der Waals surface area contributed by atoms with Gasteiger partial charge in [-0.1, -0.05) is 24.3 Å². The SMILES string of the molecule is CN=C1C=CC2=C(c3ccc(C(=O)ON4C(=O)CCC4=O)cc3)c3ccc(NC)cc3P(=O)(O)C2=C1. The summed E-state index contributed by atoms with van der Waals surface area (Å²) in [4.78, 5) is 56.4. The summed E-state index contributed by atoms with van der Waals surface area (Å²) >= 11 is 0. The lowest BCUT2D eigenvalue weighted by Gasteiger charge is -2.30. The molecule has 2 aromatic carbocycles. The van der Waals surface area contributed by atoms with E-state index in [2.05, 4.69) is 10.3 Å². The Labute approximate surface area is 206 Å². The van der Waals surface area contributed by atoms with Crippen molar-refractivity contribution in [3.8, 4) is 0 Å². The van der Waals surface area contributed by atoms with Crippen LogP contribution in [0.3, 0.4) is 0 Å². The maximum atomic E-state index is 13.7. The summed E-state index contributed by atoms with van der Waals surface area (Å²) in [5.74, 6) is -1.93. The molecule has 2 N–H and O–H groups in total. The predicted molar refractivity (Wildman–Crippen MR) is 135 cm³/mol.